The minimum atomic E-state index is -3.12. The first-order valence-corrected chi connectivity index (χ1v) is 7.60. The number of nitrogens with one attached hydrogen (secondary N) is 1. The van der Waals surface area contributed by atoms with Crippen LogP contribution in [0.15, 0.2) is 29.2 Å². The zero-order valence-electron chi connectivity index (χ0n) is 10.7. The minimum Gasteiger partial charge on any atom is -0.314 e. The Morgan fingerprint density at radius 2 is 2.00 bits per heavy atom. The number of rotatable bonds is 6. The predicted octanol–water partition coefficient (Wildman–Crippen LogP) is 2.16. The van der Waals surface area contributed by atoms with Crippen molar-refractivity contribution in [2.45, 2.75) is 38.1 Å². The van der Waals surface area contributed by atoms with Crippen molar-refractivity contribution in [2.75, 3.05) is 12.3 Å². The number of sulfone groups is 1. The molecule has 0 aliphatic heterocycles. The first-order valence-electron chi connectivity index (χ1n) is 5.94. The van der Waals surface area contributed by atoms with Gasteiger partial charge in [-0.1, -0.05) is 26.0 Å². The summed E-state index contributed by atoms with van der Waals surface area (Å²) in [5.74, 6) is 0.205. The molecule has 0 aliphatic carbocycles. The van der Waals surface area contributed by atoms with Crippen LogP contribution in [0, 0.1) is 6.92 Å². The second-order valence-corrected chi connectivity index (χ2v) is 6.71. The number of aryl methyl sites for hydroxylation is 1. The van der Waals surface area contributed by atoms with E-state index in [1.807, 2.05) is 13.0 Å². The summed E-state index contributed by atoms with van der Waals surface area (Å²) in [6, 6.07) is 7.48. The zero-order valence-corrected chi connectivity index (χ0v) is 11.5. The third-order valence-electron chi connectivity index (χ3n) is 2.49. The average molecular weight is 255 g/mol. The number of hydrogen-bond acceptors (Lipinski definition) is 3. The maximum atomic E-state index is 12.0. The molecule has 0 spiro atoms. The van der Waals surface area contributed by atoms with Crippen LogP contribution in [0.25, 0.3) is 0 Å². The maximum Gasteiger partial charge on any atom is 0.178 e. The Kier molecular flexibility index (Phi) is 5.15. The third kappa shape index (κ3) is 4.88. The summed E-state index contributed by atoms with van der Waals surface area (Å²) in [5, 5.41) is 3.22. The molecule has 0 radical (unpaired) electrons. The van der Waals surface area contributed by atoms with Crippen LogP contribution in [0.2, 0.25) is 0 Å². The number of benzene rings is 1. The highest BCUT2D eigenvalue weighted by Gasteiger charge is 2.13. The van der Waals surface area contributed by atoms with Gasteiger partial charge in [-0.3, -0.25) is 0 Å². The molecule has 0 atom stereocenters. The maximum absolute atomic E-state index is 12.0. The van der Waals surface area contributed by atoms with Gasteiger partial charge in [0.2, 0.25) is 0 Å². The van der Waals surface area contributed by atoms with Crippen molar-refractivity contribution in [1.82, 2.24) is 5.32 Å². The monoisotopic (exact) mass is 255 g/mol. The van der Waals surface area contributed by atoms with Crippen LogP contribution in [-0.2, 0) is 9.84 Å². The molecule has 0 aliphatic rings. The van der Waals surface area contributed by atoms with E-state index in [1.165, 1.54) is 0 Å². The van der Waals surface area contributed by atoms with Crippen molar-refractivity contribution in [2.24, 2.45) is 0 Å². The minimum absolute atomic E-state index is 0.205. The standard InChI is InChI=1S/C13H21NO2S/c1-11(2)14-8-5-9-17(15,16)13-7-4-6-12(3)10-13/h4,6-7,10-11,14H,5,8-9H2,1-3H3. The fourth-order valence-electron chi connectivity index (χ4n) is 1.58. The molecule has 0 aromatic heterocycles. The van der Waals surface area contributed by atoms with Crippen LogP contribution < -0.4 is 5.32 Å². The molecule has 1 aromatic rings. The quantitative estimate of drug-likeness (QED) is 0.792. The van der Waals surface area contributed by atoms with Gasteiger partial charge in [-0.2, -0.15) is 0 Å². The van der Waals surface area contributed by atoms with Crippen LogP contribution in [0.1, 0.15) is 25.8 Å². The zero-order chi connectivity index (χ0) is 12.9. The molecule has 96 valence electrons. The summed E-state index contributed by atoms with van der Waals surface area (Å²) < 4.78 is 24.0. The summed E-state index contributed by atoms with van der Waals surface area (Å²) >= 11 is 0. The van der Waals surface area contributed by atoms with Gasteiger partial charge in [0.25, 0.3) is 0 Å². The molecule has 4 heteroatoms. The molecule has 1 N–H and O–H groups in total. The lowest BCUT2D eigenvalue weighted by Gasteiger charge is -2.08. The molecule has 0 saturated carbocycles. The molecule has 1 rings (SSSR count). The van der Waals surface area contributed by atoms with E-state index in [4.69, 9.17) is 0 Å². The van der Waals surface area contributed by atoms with E-state index in [2.05, 4.69) is 19.2 Å². The van der Waals surface area contributed by atoms with Gasteiger partial charge in [0, 0.05) is 6.04 Å². The van der Waals surface area contributed by atoms with E-state index in [0.29, 0.717) is 17.4 Å². The highest BCUT2D eigenvalue weighted by atomic mass is 32.2. The van der Waals surface area contributed by atoms with Crippen molar-refractivity contribution in [3.05, 3.63) is 29.8 Å². The lowest BCUT2D eigenvalue weighted by atomic mass is 10.2. The predicted molar refractivity (Wildman–Crippen MR) is 71.0 cm³/mol. The highest BCUT2D eigenvalue weighted by Crippen LogP contribution is 2.13. The first kappa shape index (κ1) is 14.2. The lowest BCUT2D eigenvalue weighted by Crippen LogP contribution is -2.25. The summed E-state index contributed by atoms with van der Waals surface area (Å²) in [5.41, 5.74) is 0.978. The third-order valence-corrected chi connectivity index (χ3v) is 4.29. The number of hydrogen-bond donors (Lipinski definition) is 1. The molecule has 17 heavy (non-hydrogen) atoms. The van der Waals surface area contributed by atoms with Crippen molar-refractivity contribution < 1.29 is 8.42 Å². The molecule has 0 unspecified atom stereocenters. The van der Waals surface area contributed by atoms with Gasteiger partial charge in [0.1, 0.15) is 0 Å². The van der Waals surface area contributed by atoms with E-state index in [9.17, 15) is 8.42 Å². The summed E-state index contributed by atoms with van der Waals surface area (Å²) in [6.07, 6.45) is 0.647. The van der Waals surface area contributed by atoms with E-state index < -0.39 is 9.84 Å². The first-order chi connectivity index (χ1) is 7.92. The van der Waals surface area contributed by atoms with Crippen LogP contribution in [-0.4, -0.2) is 26.8 Å². The summed E-state index contributed by atoms with van der Waals surface area (Å²) in [7, 11) is -3.12. The molecule has 1 aromatic carbocycles. The Bertz CT molecular complexity index is 452. The average Bonchev–Trinajstić information content (AvgIpc) is 2.24. The molecular formula is C13H21NO2S. The second kappa shape index (κ2) is 6.17. The van der Waals surface area contributed by atoms with E-state index in [1.54, 1.807) is 18.2 Å². The van der Waals surface area contributed by atoms with Gasteiger partial charge in [-0.15, -0.1) is 0 Å². The van der Waals surface area contributed by atoms with Gasteiger partial charge >= 0.3 is 0 Å². The van der Waals surface area contributed by atoms with Crippen LogP contribution >= 0.6 is 0 Å². The van der Waals surface area contributed by atoms with E-state index in [0.717, 1.165) is 12.1 Å². The van der Waals surface area contributed by atoms with Crippen molar-refractivity contribution >= 4 is 9.84 Å². The Labute approximate surface area is 104 Å². The van der Waals surface area contributed by atoms with Crippen LogP contribution in [0.3, 0.4) is 0 Å². The van der Waals surface area contributed by atoms with Crippen LogP contribution in [0.5, 0.6) is 0 Å². The Morgan fingerprint density at radius 1 is 1.29 bits per heavy atom. The highest BCUT2D eigenvalue weighted by molar-refractivity contribution is 7.91. The fraction of sp³-hybridized carbons (Fsp3) is 0.538. The Morgan fingerprint density at radius 3 is 2.59 bits per heavy atom. The molecule has 0 heterocycles. The molecule has 0 amide bonds. The smallest absolute Gasteiger partial charge is 0.178 e. The molecule has 0 saturated heterocycles. The molecular weight excluding hydrogens is 234 g/mol. The Balaban J connectivity index is 2.57. The molecule has 0 fully saturated rings. The lowest BCUT2D eigenvalue weighted by molar-refractivity contribution is 0.568. The van der Waals surface area contributed by atoms with Crippen molar-refractivity contribution in [3.8, 4) is 0 Å². The fourth-order valence-corrected chi connectivity index (χ4v) is 2.99. The Hall–Kier alpha value is -0.870. The molecule has 3 nitrogen and oxygen atoms in total. The topological polar surface area (TPSA) is 46.2 Å². The summed E-state index contributed by atoms with van der Waals surface area (Å²) in [6.45, 7) is 6.74. The van der Waals surface area contributed by atoms with Gasteiger partial charge in [-0.25, -0.2) is 8.42 Å². The van der Waals surface area contributed by atoms with Gasteiger partial charge in [0.05, 0.1) is 10.6 Å². The van der Waals surface area contributed by atoms with E-state index in [-0.39, 0.29) is 5.75 Å². The van der Waals surface area contributed by atoms with Crippen molar-refractivity contribution in [3.63, 3.8) is 0 Å². The van der Waals surface area contributed by atoms with Gasteiger partial charge in [-0.05, 0) is 37.6 Å². The van der Waals surface area contributed by atoms with Crippen molar-refractivity contribution in [1.29, 1.82) is 0 Å². The SMILES string of the molecule is Cc1cccc(S(=O)(=O)CCCNC(C)C)c1. The van der Waals surface area contributed by atoms with Gasteiger partial charge < -0.3 is 5.32 Å². The van der Waals surface area contributed by atoms with E-state index >= 15 is 0 Å². The summed E-state index contributed by atoms with van der Waals surface area (Å²) in [4.78, 5) is 0.432. The molecule has 0 bridgehead atoms. The largest absolute Gasteiger partial charge is 0.314 e. The van der Waals surface area contributed by atoms with Crippen LogP contribution in [0.4, 0.5) is 0 Å². The van der Waals surface area contributed by atoms with Gasteiger partial charge in [0.15, 0.2) is 9.84 Å². The normalized spacial score (nSPS) is 12.0. The second-order valence-electron chi connectivity index (χ2n) is 4.60.